The van der Waals surface area contributed by atoms with Gasteiger partial charge in [-0.25, -0.2) is 4.99 Å². The summed E-state index contributed by atoms with van der Waals surface area (Å²) < 4.78 is 10.7. The Morgan fingerprint density at radius 3 is 2.69 bits per heavy atom. The maximum Gasteiger partial charge on any atom is 0.247 e. The molecule has 1 unspecified atom stereocenters. The van der Waals surface area contributed by atoms with Crippen LogP contribution >= 0.6 is 0 Å². The maximum atomic E-state index is 13.4. The van der Waals surface area contributed by atoms with Crippen LogP contribution in [0, 0.1) is 6.92 Å². The van der Waals surface area contributed by atoms with Crippen molar-refractivity contribution in [2.24, 2.45) is 4.99 Å². The Morgan fingerprint density at radius 1 is 1.14 bits per heavy atom. The molecule has 4 rings (SSSR count). The van der Waals surface area contributed by atoms with E-state index in [-0.39, 0.29) is 43.3 Å². The van der Waals surface area contributed by atoms with Crippen molar-refractivity contribution in [3.8, 4) is 0 Å². The van der Waals surface area contributed by atoms with E-state index < -0.39 is 6.04 Å². The first-order valence-electron chi connectivity index (χ1n) is 12.6. The summed E-state index contributed by atoms with van der Waals surface area (Å²) in [6.45, 7) is 4.27. The van der Waals surface area contributed by atoms with E-state index in [4.69, 9.17) is 9.15 Å². The number of methoxy groups -OCH3 is 1. The summed E-state index contributed by atoms with van der Waals surface area (Å²) in [5, 5.41) is 6.88. The number of carbonyl (C=O) groups is 3. The Balaban J connectivity index is 1.53. The van der Waals surface area contributed by atoms with Crippen molar-refractivity contribution in [2.45, 2.75) is 51.5 Å². The average Bonchev–Trinajstić information content (AvgIpc) is 3.48. The van der Waals surface area contributed by atoms with E-state index in [1.54, 1.807) is 4.90 Å². The Kier molecular flexibility index (Phi) is 8.58. The van der Waals surface area contributed by atoms with Gasteiger partial charge in [-0.05, 0) is 63.3 Å². The van der Waals surface area contributed by atoms with Crippen molar-refractivity contribution in [1.29, 1.82) is 0 Å². The third kappa shape index (κ3) is 6.63. The number of aliphatic imine (C=N–C) groups is 1. The van der Waals surface area contributed by atoms with Crippen LogP contribution < -0.4 is 10.6 Å². The Labute approximate surface area is 211 Å². The number of fused-ring (bicyclic) bond motifs is 1. The molecule has 1 aromatic carbocycles. The Morgan fingerprint density at radius 2 is 1.92 bits per heavy atom. The van der Waals surface area contributed by atoms with E-state index in [0.29, 0.717) is 18.7 Å². The van der Waals surface area contributed by atoms with Crippen LogP contribution in [-0.4, -0.2) is 79.4 Å². The molecule has 2 aromatic rings. The largest absolute Gasteiger partial charge is 0.461 e. The highest BCUT2D eigenvalue weighted by Gasteiger charge is 2.30. The van der Waals surface area contributed by atoms with Crippen LogP contribution in [0.5, 0.6) is 0 Å². The SMILES string of the molecule is COCCC(=O)NC(=NC1CCCCN(CC(=O)N2CCCC2)C1=O)Nc1ccc2oc(C)cc2c1. The standard InChI is InChI=1S/C26H35N5O5/c1-18-15-19-16-20(8-9-22(19)36-18)27-26(29-23(32)10-14-35-2)28-21-7-3-4-13-31(25(21)34)17-24(33)30-11-5-6-12-30/h8-9,15-16,21H,3-7,10-14,17H2,1-2H3,(H2,27,28,29,32). The van der Waals surface area contributed by atoms with Crippen molar-refractivity contribution in [3.05, 3.63) is 30.0 Å². The summed E-state index contributed by atoms with van der Waals surface area (Å²) in [6, 6.07) is 6.82. The van der Waals surface area contributed by atoms with Crippen molar-refractivity contribution in [3.63, 3.8) is 0 Å². The van der Waals surface area contributed by atoms with Gasteiger partial charge in [-0.3, -0.25) is 19.7 Å². The summed E-state index contributed by atoms with van der Waals surface area (Å²) >= 11 is 0. The van der Waals surface area contributed by atoms with Gasteiger partial charge in [-0.15, -0.1) is 0 Å². The van der Waals surface area contributed by atoms with Crippen LogP contribution in [0.1, 0.15) is 44.3 Å². The molecule has 0 aliphatic carbocycles. The molecule has 2 saturated heterocycles. The quantitative estimate of drug-likeness (QED) is 0.449. The number of hydrogen-bond acceptors (Lipinski definition) is 6. The average molecular weight is 498 g/mol. The molecule has 2 aliphatic rings. The third-order valence-electron chi connectivity index (χ3n) is 6.52. The lowest BCUT2D eigenvalue weighted by atomic mass is 10.1. The molecule has 2 N–H and O–H groups in total. The van der Waals surface area contributed by atoms with E-state index in [1.807, 2.05) is 36.1 Å². The molecular formula is C26H35N5O5. The molecule has 2 fully saturated rings. The second-order valence-corrected chi connectivity index (χ2v) is 9.36. The van der Waals surface area contributed by atoms with Crippen LogP contribution in [-0.2, 0) is 19.1 Å². The number of anilines is 1. The predicted octanol–water partition coefficient (Wildman–Crippen LogP) is 2.67. The number of nitrogens with one attached hydrogen (secondary N) is 2. The van der Waals surface area contributed by atoms with Gasteiger partial charge in [0.1, 0.15) is 17.4 Å². The van der Waals surface area contributed by atoms with Gasteiger partial charge in [0.25, 0.3) is 0 Å². The minimum atomic E-state index is -0.691. The van der Waals surface area contributed by atoms with E-state index >= 15 is 0 Å². The van der Waals surface area contributed by atoms with E-state index in [0.717, 1.165) is 55.5 Å². The van der Waals surface area contributed by atoms with Crippen LogP contribution in [0.4, 0.5) is 5.69 Å². The second-order valence-electron chi connectivity index (χ2n) is 9.36. The molecular weight excluding hydrogens is 462 g/mol. The minimum absolute atomic E-state index is 0.0135. The van der Waals surface area contributed by atoms with Gasteiger partial charge in [0.15, 0.2) is 0 Å². The first kappa shape index (κ1) is 25.7. The number of hydrogen-bond donors (Lipinski definition) is 2. The van der Waals surface area contributed by atoms with Crippen LogP contribution in [0.2, 0.25) is 0 Å². The topological polar surface area (TPSA) is 116 Å². The first-order chi connectivity index (χ1) is 17.4. The fraction of sp³-hybridized carbons (Fsp3) is 0.538. The maximum absolute atomic E-state index is 13.4. The van der Waals surface area contributed by atoms with Gasteiger partial charge in [-0.2, -0.15) is 0 Å². The molecule has 3 heterocycles. The summed E-state index contributed by atoms with van der Waals surface area (Å²) in [4.78, 5) is 46.7. The fourth-order valence-electron chi connectivity index (χ4n) is 4.62. The molecule has 194 valence electrons. The molecule has 3 amide bonds. The zero-order valence-electron chi connectivity index (χ0n) is 21.0. The molecule has 2 aliphatic heterocycles. The van der Waals surface area contributed by atoms with Gasteiger partial charge in [-0.1, -0.05) is 0 Å². The molecule has 0 radical (unpaired) electrons. The minimum Gasteiger partial charge on any atom is -0.461 e. The zero-order chi connectivity index (χ0) is 25.5. The number of guanidine groups is 1. The Bertz CT molecular complexity index is 1120. The summed E-state index contributed by atoms with van der Waals surface area (Å²) in [5.41, 5.74) is 1.47. The second kappa shape index (κ2) is 12.0. The number of nitrogens with zero attached hydrogens (tertiary/aromatic N) is 3. The number of aryl methyl sites for hydroxylation is 1. The molecule has 0 spiro atoms. The summed E-state index contributed by atoms with van der Waals surface area (Å²) in [5.74, 6) is 0.524. The molecule has 10 nitrogen and oxygen atoms in total. The van der Waals surface area contributed by atoms with E-state index in [9.17, 15) is 14.4 Å². The van der Waals surface area contributed by atoms with Crippen LogP contribution in [0.15, 0.2) is 33.7 Å². The van der Waals surface area contributed by atoms with Crippen molar-refractivity contribution < 1.29 is 23.5 Å². The lowest BCUT2D eigenvalue weighted by Gasteiger charge is -2.25. The smallest absolute Gasteiger partial charge is 0.247 e. The number of furan rings is 1. The number of ether oxygens (including phenoxy) is 1. The van der Waals surface area contributed by atoms with Gasteiger partial charge < -0.3 is 24.3 Å². The highest BCUT2D eigenvalue weighted by molar-refractivity contribution is 6.05. The summed E-state index contributed by atoms with van der Waals surface area (Å²) in [6.07, 6.45) is 4.34. The number of carbonyl (C=O) groups excluding carboxylic acids is 3. The lowest BCUT2D eigenvalue weighted by molar-refractivity contribution is -0.140. The third-order valence-corrected chi connectivity index (χ3v) is 6.52. The monoisotopic (exact) mass is 497 g/mol. The van der Waals surface area contributed by atoms with Gasteiger partial charge >= 0.3 is 0 Å². The summed E-state index contributed by atoms with van der Waals surface area (Å²) in [7, 11) is 1.53. The van der Waals surface area contributed by atoms with E-state index in [1.165, 1.54) is 7.11 Å². The first-order valence-corrected chi connectivity index (χ1v) is 12.6. The molecule has 1 atom stereocenters. The zero-order valence-corrected chi connectivity index (χ0v) is 21.0. The van der Waals surface area contributed by atoms with Crippen molar-refractivity contribution >= 4 is 40.3 Å². The highest BCUT2D eigenvalue weighted by atomic mass is 16.5. The van der Waals surface area contributed by atoms with E-state index in [2.05, 4.69) is 15.6 Å². The lowest BCUT2D eigenvalue weighted by Crippen LogP contribution is -2.45. The number of likely N-dealkylation sites (tertiary alicyclic amines) is 2. The predicted molar refractivity (Wildman–Crippen MR) is 137 cm³/mol. The Hall–Kier alpha value is -3.40. The normalized spacial score (nSPS) is 19.0. The fourth-order valence-corrected chi connectivity index (χ4v) is 4.62. The molecule has 1 aromatic heterocycles. The van der Waals surface area contributed by atoms with Gasteiger partial charge in [0.2, 0.25) is 23.7 Å². The number of benzene rings is 1. The number of rotatable bonds is 7. The number of amides is 3. The molecule has 0 saturated carbocycles. The van der Waals surface area contributed by atoms with Gasteiger partial charge in [0, 0.05) is 37.8 Å². The van der Waals surface area contributed by atoms with Crippen molar-refractivity contribution in [2.75, 3.05) is 45.2 Å². The highest BCUT2D eigenvalue weighted by Crippen LogP contribution is 2.23. The van der Waals surface area contributed by atoms with Gasteiger partial charge in [0.05, 0.1) is 19.6 Å². The van der Waals surface area contributed by atoms with Crippen LogP contribution in [0.25, 0.3) is 11.0 Å². The molecule has 36 heavy (non-hydrogen) atoms. The molecule has 0 bridgehead atoms. The molecule has 10 heteroatoms. The van der Waals surface area contributed by atoms with Crippen molar-refractivity contribution in [1.82, 2.24) is 15.1 Å². The van der Waals surface area contributed by atoms with Crippen LogP contribution in [0.3, 0.4) is 0 Å².